The second-order valence-corrected chi connectivity index (χ2v) is 2.20. The van der Waals surface area contributed by atoms with E-state index in [1.165, 1.54) is 0 Å². The maximum Gasteiger partial charge on any atom is 0.0702 e. The molecule has 42 valence electrons. The van der Waals surface area contributed by atoms with Crippen LogP contribution in [0.3, 0.4) is 0 Å². The Morgan fingerprint density at radius 3 is 2.43 bits per heavy atom. The minimum absolute atomic E-state index is 0.0972. The summed E-state index contributed by atoms with van der Waals surface area (Å²) in [5, 5.41) is 12.0. The third kappa shape index (κ3) is 0.924. The molecule has 2 heteroatoms. The molecule has 0 aliphatic carbocycles. The van der Waals surface area contributed by atoms with Crippen molar-refractivity contribution >= 4 is 0 Å². The number of aliphatic hydroxyl groups excluding tert-OH is 1. The fourth-order valence-electron chi connectivity index (χ4n) is 0.796. The van der Waals surface area contributed by atoms with Gasteiger partial charge in [0.25, 0.3) is 0 Å². The molecule has 7 heavy (non-hydrogen) atoms. The van der Waals surface area contributed by atoms with Gasteiger partial charge in [-0.15, -0.1) is 0 Å². The van der Waals surface area contributed by atoms with E-state index in [0.29, 0.717) is 5.92 Å². The minimum Gasteiger partial charge on any atom is -0.391 e. The lowest BCUT2D eigenvalue weighted by atomic mass is 10.1. The van der Waals surface area contributed by atoms with Crippen LogP contribution in [0.1, 0.15) is 6.92 Å². The highest BCUT2D eigenvalue weighted by Crippen LogP contribution is 2.05. The smallest absolute Gasteiger partial charge is 0.0702 e. The molecule has 1 heterocycles. The summed E-state index contributed by atoms with van der Waals surface area (Å²) in [6.45, 7) is 3.80. The molecule has 1 unspecified atom stereocenters. The van der Waals surface area contributed by atoms with Crippen molar-refractivity contribution in [1.29, 1.82) is 0 Å². The lowest BCUT2D eigenvalue weighted by Gasteiger charge is -2.02. The monoisotopic (exact) mass is 101 g/mol. The summed E-state index contributed by atoms with van der Waals surface area (Å²) in [7, 11) is 0. The summed E-state index contributed by atoms with van der Waals surface area (Å²) in [4.78, 5) is 0. The first-order valence-electron chi connectivity index (χ1n) is 2.69. The quantitative estimate of drug-likeness (QED) is 0.434. The lowest BCUT2D eigenvalue weighted by molar-refractivity contribution is 0.156. The van der Waals surface area contributed by atoms with E-state index in [2.05, 4.69) is 5.32 Å². The molecule has 0 amide bonds. The molecular formula is C5H11NO. The van der Waals surface area contributed by atoms with Crippen LogP contribution in [0.2, 0.25) is 0 Å². The Morgan fingerprint density at radius 2 is 2.29 bits per heavy atom. The van der Waals surface area contributed by atoms with Gasteiger partial charge in [-0.05, 0) is 5.92 Å². The molecule has 1 aliphatic heterocycles. The predicted octanol–water partition coefficient (Wildman–Crippen LogP) is -0.413. The molecule has 0 aromatic rings. The summed E-state index contributed by atoms with van der Waals surface area (Å²) >= 11 is 0. The van der Waals surface area contributed by atoms with Gasteiger partial charge in [0.15, 0.2) is 0 Å². The highest BCUT2D eigenvalue weighted by molar-refractivity contribution is 4.75. The molecular weight excluding hydrogens is 90.1 g/mol. The van der Waals surface area contributed by atoms with Crippen LogP contribution in [0.5, 0.6) is 0 Å². The second kappa shape index (κ2) is 1.80. The van der Waals surface area contributed by atoms with E-state index in [4.69, 9.17) is 5.11 Å². The van der Waals surface area contributed by atoms with Crippen molar-refractivity contribution in [3.05, 3.63) is 0 Å². The SMILES string of the molecule is C[C@@H]1CNCC1O. The van der Waals surface area contributed by atoms with E-state index in [1.807, 2.05) is 6.92 Å². The van der Waals surface area contributed by atoms with Crippen molar-refractivity contribution in [1.82, 2.24) is 5.32 Å². The number of β-amino-alcohol motifs (C(OH)–C–C–N with tert-alkyl or cyclic N) is 1. The number of hydrogen-bond acceptors (Lipinski definition) is 2. The average molecular weight is 101 g/mol. The van der Waals surface area contributed by atoms with Crippen LogP contribution >= 0.6 is 0 Å². The van der Waals surface area contributed by atoms with Gasteiger partial charge in [0.05, 0.1) is 6.10 Å². The van der Waals surface area contributed by atoms with Crippen molar-refractivity contribution in [2.45, 2.75) is 13.0 Å². The van der Waals surface area contributed by atoms with Gasteiger partial charge in [-0.1, -0.05) is 6.92 Å². The Bertz CT molecular complexity index is 57.1. The van der Waals surface area contributed by atoms with Gasteiger partial charge in [0, 0.05) is 13.1 Å². The first kappa shape index (κ1) is 5.06. The fourth-order valence-corrected chi connectivity index (χ4v) is 0.796. The van der Waals surface area contributed by atoms with Crippen LogP contribution in [-0.4, -0.2) is 24.3 Å². The zero-order valence-corrected chi connectivity index (χ0v) is 4.52. The van der Waals surface area contributed by atoms with Crippen LogP contribution in [0, 0.1) is 5.92 Å². The Balaban J connectivity index is 2.33. The van der Waals surface area contributed by atoms with E-state index < -0.39 is 0 Å². The maximum absolute atomic E-state index is 8.94. The first-order chi connectivity index (χ1) is 3.30. The Kier molecular flexibility index (Phi) is 1.30. The first-order valence-corrected chi connectivity index (χ1v) is 2.69. The fraction of sp³-hybridized carbons (Fsp3) is 1.00. The Hall–Kier alpha value is -0.0800. The Labute approximate surface area is 43.5 Å². The molecule has 0 bridgehead atoms. The Morgan fingerprint density at radius 1 is 1.57 bits per heavy atom. The number of hydrogen-bond donors (Lipinski definition) is 2. The number of rotatable bonds is 0. The van der Waals surface area contributed by atoms with Gasteiger partial charge in [0.2, 0.25) is 0 Å². The van der Waals surface area contributed by atoms with Crippen molar-refractivity contribution in [3.8, 4) is 0 Å². The predicted molar refractivity (Wildman–Crippen MR) is 28.0 cm³/mol. The van der Waals surface area contributed by atoms with Crippen LogP contribution in [-0.2, 0) is 0 Å². The summed E-state index contributed by atoms with van der Waals surface area (Å²) in [5.74, 6) is 0.458. The normalized spacial score (nSPS) is 42.0. The standard InChI is InChI=1S/C5H11NO/c1-4-2-6-3-5(4)7/h4-7H,2-3H2,1H3/t4-,5?/m1/s1. The van der Waals surface area contributed by atoms with Gasteiger partial charge in [-0.3, -0.25) is 0 Å². The molecule has 2 atom stereocenters. The molecule has 0 aromatic carbocycles. The van der Waals surface area contributed by atoms with Crippen molar-refractivity contribution in [2.24, 2.45) is 5.92 Å². The van der Waals surface area contributed by atoms with E-state index in [0.717, 1.165) is 13.1 Å². The van der Waals surface area contributed by atoms with Gasteiger partial charge in [-0.25, -0.2) is 0 Å². The van der Waals surface area contributed by atoms with Crippen molar-refractivity contribution < 1.29 is 5.11 Å². The number of nitrogens with one attached hydrogen (secondary N) is 1. The highest BCUT2D eigenvalue weighted by Gasteiger charge is 2.18. The molecule has 1 aliphatic rings. The van der Waals surface area contributed by atoms with Gasteiger partial charge >= 0.3 is 0 Å². The molecule has 1 rings (SSSR count). The van der Waals surface area contributed by atoms with Gasteiger partial charge in [0.1, 0.15) is 0 Å². The molecule has 1 fully saturated rings. The van der Waals surface area contributed by atoms with Gasteiger partial charge in [-0.2, -0.15) is 0 Å². The van der Waals surface area contributed by atoms with Crippen LogP contribution < -0.4 is 5.32 Å². The zero-order chi connectivity index (χ0) is 5.28. The van der Waals surface area contributed by atoms with Crippen molar-refractivity contribution in [2.75, 3.05) is 13.1 Å². The van der Waals surface area contributed by atoms with E-state index in [-0.39, 0.29) is 6.10 Å². The third-order valence-electron chi connectivity index (χ3n) is 1.48. The summed E-state index contributed by atoms with van der Waals surface area (Å²) < 4.78 is 0. The van der Waals surface area contributed by atoms with Crippen LogP contribution in [0.4, 0.5) is 0 Å². The molecule has 0 saturated carbocycles. The van der Waals surface area contributed by atoms with E-state index in [1.54, 1.807) is 0 Å². The lowest BCUT2D eigenvalue weighted by Crippen LogP contribution is -2.14. The minimum atomic E-state index is -0.0972. The number of aliphatic hydroxyl groups is 1. The highest BCUT2D eigenvalue weighted by atomic mass is 16.3. The summed E-state index contributed by atoms with van der Waals surface area (Å²) in [6.07, 6.45) is -0.0972. The average Bonchev–Trinajstić information content (AvgIpc) is 1.91. The molecule has 0 spiro atoms. The van der Waals surface area contributed by atoms with Crippen LogP contribution in [0.15, 0.2) is 0 Å². The maximum atomic E-state index is 8.94. The molecule has 1 saturated heterocycles. The topological polar surface area (TPSA) is 32.3 Å². The third-order valence-corrected chi connectivity index (χ3v) is 1.48. The molecule has 2 nitrogen and oxygen atoms in total. The second-order valence-electron chi connectivity index (χ2n) is 2.20. The summed E-state index contributed by atoms with van der Waals surface area (Å²) in [6, 6.07) is 0. The van der Waals surface area contributed by atoms with Crippen LogP contribution in [0.25, 0.3) is 0 Å². The van der Waals surface area contributed by atoms with Gasteiger partial charge < -0.3 is 10.4 Å². The summed E-state index contributed by atoms with van der Waals surface area (Å²) in [5.41, 5.74) is 0. The molecule has 2 N–H and O–H groups in total. The zero-order valence-electron chi connectivity index (χ0n) is 4.52. The largest absolute Gasteiger partial charge is 0.391 e. The molecule has 0 aromatic heterocycles. The molecule has 0 radical (unpaired) electrons. The van der Waals surface area contributed by atoms with Crippen molar-refractivity contribution in [3.63, 3.8) is 0 Å². The van der Waals surface area contributed by atoms with E-state index in [9.17, 15) is 0 Å². The van der Waals surface area contributed by atoms with E-state index >= 15 is 0 Å².